The first-order valence-corrected chi connectivity index (χ1v) is 8.03. The molecule has 0 aliphatic heterocycles. The predicted octanol–water partition coefficient (Wildman–Crippen LogP) is 4.02. The smallest absolute Gasteiger partial charge is 0.135 e. The molecule has 0 aromatic carbocycles. The molecule has 1 heterocycles. The van der Waals surface area contributed by atoms with Crippen LogP contribution in [0.3, 0.4) is 0 Å². The van der Waals surface area contributed by atoms with E-state index in [-0.39, 0.29) is 0 Å². The molecule has 1 aromatic rings. The van der Waals surface area contributed by atoms with Gasteiger partial charge in [0, 0.05) is 24.6 Å². The number of nitrogens with zero attached hydrogens (tertiary/aromatic N) is 2. The quantitative estimate of drug-likeness (QED) is 0.753. The van der Waals surface area contributed by atoms with Gasteiger partial charge in [-0.05, 0) is 25.2 Å². The summed E-state index contributed by atoms with van der Waals surface area (Å²) in [5.74, 6) is 4.03. The lowest BCUT2D eigenvalue weighted by Gasteiger charge is -2.12. The summed E-state index contributed by atoms with van der Waals surface area (Å²) in [6, 6.07) is 2.66. The summed E-state index contributed by atoms with van der Waals surface area (Å²) < 4.78 is 0. The summed E-state index contributed by atoms with van der Waals surface area (Å²) in [5.41, 5.74) is 0. The lowest BCUT2D eigenvalue weighted by atomic mass is 10.2. The van der Waals surface area contributed by atoms with Crippen LogP contribution in [0.15, 0.2) is 6.07 Å². The number of rotatable bonds is 8. The highest BCUT2D eigenvalue weighted by atomic mass is 15.1. The van der Waals surface area contributed by atoms with Crippen LogP contribution < -0.4 is 10.6 Å². The van der Waals surface area contributed by atoms with Crippen molar-refractivity contribution in [3.63, 3.8) is 0 Å². The Labute approximate surface area is 122 Å². The van der Waals surface area contributed by atoms with Crippen LogP contribution in [0, 0.1) is 5.92 Å². The molecule has 2 unspecified atom stereocenters. The van der Waals surface area contributed by atoms with E-state index in [9.17, 15) is 0 Å². The van der Waals surface area contributed by atoms with Gasteiger partial charge in [-0.15, -0.1) is 0 Å². The molecule has 4 heteroatoms. The van der Waals surface area contributed by atoms with Gasteiger partial charge >= 0.3 is 0 Å². The van der Waals surface area contributed by atoms with Gasteiger partial charge in [-0.1, -0.05) is 34.1 Å². The number of anilines is 2. The van der Waals surface area contributed by atoms with Gasteiger partial charge in [-0.3, -0.25) is 0 Å². The number of hydrogen-bond acceptors (Lipinski definition) is 4. The maximum absolute atomic E-state index is 4.65. The van der Waals surface area contributed by atoms with E-state index in [1.165, 1.54) is 19.3 Å². The second-order valence-electron chi connectivity index (χ2n) is 6.11. The Morgan fingerprint density at radius 1 is 1.20 bits per heavy atom. The summed E-state index contributed by atoms with van der Waals surface area (Å²) in [5, 5.41) is 6.94. The Morgan fingerprint density at radius 3 is 2.60 bits per heavy atom. The predicted molar refractivity (Wildman–Crippen MR) is 85.3 cm³/mol. The molecular formula is C16H28N4. The molecule has 0 bridgehead atoms. The Kier molecular flexibility index (Phi) is 5.21. The van der Waals surface area contributed by atoms with Gasteiger partial charge in [0.15, 0.2) is 0 Å². The van der Waals surface area contributed by atoms with Crippen LogP contribution in [0.5, 0.6) is 0 Å². The summed E-state index contributed by atoms with van der Waals surface area (Å²) in [7, 11) is 0. The Balaban J connectivity index is 2.05. The average molecular weight is 276 g/mol. The minimum Gasteiger partial charge on any atom is -0.370 e. The highest BCUT2D eigenvalue weighted by molar-refractivity contribution is 5.49. The van der Waals surface area contributed by atoms with Gasteiger partial charge in [0.1, 0.15) is 17.5 Å². The lowest BCUT2D eigenvalue weighted by molar-refractivity contribution is 0.691. The zero-order valence-corrected chi connectivity index (χ0v) is 13.2. The van der Waals surface area contributed by atoms with Crippen molar-refractivity contribution in [2.24, 2.45) is 5.92 Å². The highest BCUT2D eigenvalue weighted by Gasteiger charge is 2.36. The molecule has 1 aromatic heterocycles. The molecule has 0 amide bonds. The van der Waals surface area contributed by atoms with Crippen molar-refractivity contribution in [1.29, 1.82) is 0 Å². The van der Waals surface area contributed by atoms with Crippen LogP contribution in [0.1, 0.15) is 65.1 Å². The third-order valence-corrected chi connectivity index (χ3v) is 3.73. The summed E-state index contributed by atoms with van der Waals surface area (Å²) in [6.45, 7) is 9.65. The van der Waals surface area contributed by atoms with Gasteiger partial charge in [0.25, 0.3) is 0 Å². The fourth-order valence-electron chi connectivity index (χ4n) is 2.45. The van der Waals surface area contributed by atoms with Crippen LogP contribution in [0.25, 0.3) is 0 Å². The maximum Gasteiger partial charge on any atom is 0.135 e. The number of hydrogen-bond donors (Lipinski definition) is 2. The number of aromatic nitrogens is 2. The maximum atomic E-state index is 4.65. The molecule has 20 heavy (non-hydrogen) atoms. The molecule has 0 saturated heterocycles. The SMILES string of the molecule is CCCNc1cc(NC2CC2CCC)nc(C(C)C)n1. The van der Waals surface area contributed by atoms with Crippen LogP contribution in [0.4, 0.5) is 11.6 Å². The van der Waals surface area contributed by atoms with Crippen LogP contribution in [0.2, 0.25) is 0 Å². The topological polar surface area (TPSA) is 49.8 Å². The molecule has 4 nitrogen and oxygen atoms in total. The molecule has 112 valence electrons. The molecule has 2 N–H and O–H groups in total. The fourth-order valence-corrected chi connectivity index (χ4v) is 2.45. The Bertz CT molecular complexity index is 430. The van der Waals surface area contributed by atoms with E-state index < -0.39 is 0 Å². The first kappa shape index (κ1) is 15.1. The van der Waals surface area contributed by atoms with E-state index in [2.05, 4.69) is 48.3 Å². The minimum atomic E-state index is 0.351. The standard InChI is InChI=1S/C16H28N4/c1-5-7-12-9-13(12)18-15-10-14(17-8-6-2)19-16(20-15)11(3)4/h10-13H,5-9H2,1-4H3,(H2,17,18,19,20). The van der Waals surface area contributed by atoms with E-state index in [1.54, 1.807) is 0 Å². The van der Waals surface area contributed by atoms with Gasteiger partial charge in [-0.2, -0.15) is 0 Å². The molecular weight excluding hydrogens is 248 g/mol. The van der Waals surface area contributed by atoms with Crippen molar-refractivity contribution in [3.05, 3.63) is 11.9 Å². The zero-order chi connectivity index (χ0) is 14.5. The van der Waals surface area contributed by atoms with Crippen LogP contribution in [-0.4, -0.2) is 22.6 Å². The largest absolute Gasteiger partial charge is 0.370 e. The number of nitrogens with one attached hydrogen (secondary N) is 2. The molecule has 1 aliphatic carbocycles. The minimum absolute atomic E-state index is 0.351. The van der Waals surface area contributed by atoms with Crippen molar-refractivity contribution >= 4 is 11.6 Å². The monoisotopic (exact) mass is 276 g/mol. The normalized spacial score (nSPS) is 21.1. The second kappa shape index (κ2) is 6.91. The third-order valence-electron chi connectivity index (χ3n) is 3.73. The van der Waals surface area contributed by atoms with E-state index >= 15 is 0 Å². The lowest BCUT2D eigenvalue weighted by Crippen LogP contribution is -2.11. The van der Waals surface area contributed by atoms with Crippen molar-refractivity contribution in [1.82, 2.24) is 9.97 Å². The van der Waals surface area contributed by atoms with E-state index in [1.807, 2.05) is 6.07 Å². The first-order valence-electron chi connectivity index (χ1n) is 8.03. The van der Waals surface area contributed by atoms with Crippen molar-refractivity contribution in [3.8, 4) is 0 Å². The van der Waals surface area contributed by atoms with Gasteiger partial charge in [0.05, 0.1) is 0 Å². The molecule has 2 rings (SSSR count). The highest BCUT2D eigenvalue weighted by Crippen LogP contribution is 2.37. The second-order valence-corrected chi connectivity index (χ2v) is 6.11. The zero-order valence-electron chi connectivity index (χ0n) is 13.2. The fraction of sp³-hybridized carbons (Fsp3) is 0.750. The van der Waals surface area contributed by atoms with Crippen molar-refractivity contribution in [2.75, 3.05) is 17.2 Å². The molecule has 0 radical (unpaired) electrons. The Hall–Kier alpha value is -1.32. The van der Waals surface area contributed by atoms with Gasteiger partial charge in [0.2, 0.25) is 0 Å². The summed E-state index contributed by atoms with van der Waals surface area (Å²) >= 11 is 0. The first-order chi connectivity index (χ1) is 9.63. The van der Waals surface area contributed by atoms with E-state index in [0.717, 1.165) is 36.3 Å². The van der Waals surface area contributed by atoms with Crippen LogP contribution in [-0.2, 0) is 0 Å². The van der Waals surface area contributed by atoms with E-state index in [0.29, 0.717) is 12.0 Å². The van der Waals surface area contributed by atoms with E-state index in [4.69, 9.17) is 0 Å². The van der Waals surface area contributed by atoms with Crippen molar-refractivity contribution < 1.29 is 0 Å². The molecule has 0 spiro atoms. The summed E-state index contributed by atoms with van der Waals surface area (Å²) in [4.78, 5) is 9.24. The van der Waals surface area contributed by atoms with Gasteiger partial charge in [-0.25, -0.2) is 9.97 Å². The average Bonchev–Trinajstić information content (AvgIpc) is 3.14. The van der Waals surface area contributed by atoms with Gasteiger partial charge < -0.3 is 10.6 Å². The molecule has 1 fully saturated rings. The summed E-state index contributed by atoms with van der Waals surface area (Å²) in [6.07, 6.45) is 4.98. The third kappa shape index (κ3) is 4.09. The van der Waals surface area contributed by atoms with Crippen molar-refractivity contribution in [2.45, 2.75) is 65.3 Å². The molecule has 2 atom stereocenters. The van der Waals surface area contributed by atoms with Crippen LogP contribution >= 0.6 is 0 Å². The Morgan fingerprint density at radius 2 is 1.95 bits per heavy atom. The molecule has 1 saturated carbocycles. The molecule has 1 aliphatic rings.